The van der Waals surface area contributed by atoms with Gasteiger partial charge in [-0.2, -0.15) is 0 Å². The quantitative estimate of drug-likeness (QED) is 0.696. The van der Waals surface area contributed by atoms with Crippen LogP contribution in [0.3, 0.4) is 0 Å². The van der Waals surface area contributed by atoms with E-state index in [9.17, 15) is 0 Å². The van der Waals surface area contributed by atoms with Crippen LogP contribution in [0.2, 0.25) is 0 Å². The Morgan fingerprint density at radius 2 is 1.71 bits per heavy atom. The van der Waals surface area contributed by atoms with Crippen molar-refractivity contribution in [2.24, 2.45) is 5.73 Å². The molecule has 1 saturated heterocycles. The molecule has 82 valence electrons. The highest BCUT2D eigenvalue weighted by atomic mass is 15.2. The summed E-state index contributed by atoms with van der Waals surface area (Å²) in [5.41, 5.74) is 6.05. The molecule has 1 saturated carbocycles. The molecule has 0 bridgehead atoms. The van der Waals surface area contributed by atoms with Crippen molar-refractivity contribution in [1.82, 2.24) is 4.90 Å². The molecule has 2 heteroatoms. The number of hydrogen-bond donors (Lipinski definition) is 1. The van der Waals surface area contributed by atoms with Gasteiger partial charge < -0.3 is 5.73 Å². The van der Waals surface area contributed by atoms with Crippen LogP contribution in [0.4, 0.5) is 0 Å². The molecule has 0 radical (unpaired) electrons. The van der Waals surface area contributed by atoms with Crippen molar-refractivity contribution in [3.8, 4) is 0 Å². The standard InChI is InChI=1S/C12H24N2/c1-10-7-8-11(13)9-14(10)12-5-3-2-4-6-12/h10-12H,2-9,13H2,1H3. The van der Waals surface area contributed by atoms with Gasteiger partial charge in [-0.3, -0.25) is 4.90 Å². The second-order valence-electron chi connectivity index (χ2n) is 5.18. The van der Waals surface area contributed by atoms with Crippen molar-refractivity contribution in [2.75, 3.05) is 6.54 Å². The lowest BCUT2D eigenvalue weighted by molar-refractivity contribution is 0.0723. The smallest absolute Gasteiger partial charge is 0.0168 e. The van der Waals surface area contributed by atoms with Gasteiger partial charge in [0.1, 0.15) is 0 Å². The third-order valence-corrected chi connectivity index (χ3v) is 4.01. The van der Waals surface area contributed by atoms with E-state index >= 15 is 0 Å². The first kappa shape index (κ1) is 10.4. The van der Waals surface area contributed by atoms with Crippen LogP contribution in [0, 0.1) is 0 Å². The Kier molecular flexibility index (Phi) is 3.45. The van der Waals surface area contributed by atoms with E-state index in [4.69, 9.17) is 5.73 Å². The monoisotopic (exact) mass is 196 g/mol. The molecular weight excluding hydrogens is 172 g/mol. The van der Waals surface area contributed by atoms with E-state index < -0.39 is 0 Å². The first-order valence-electron chi connectivity index (χ1n) is 6.28. The van der Waals surface area contributed by atoms with Gasteiger partial charge in [-0.15, -0.1) is 0 Å². The highest BCUT2D eigenvalue weighted by Gasteiger charge is 2.29. The Morgan fingerprint density at radius 1 is 1.00 bits per heavy atom. The molecule has 0 aromatic carbocycles. The molecular formula is C12H24N2. The Labute approximate surface area is 87.8 Å². The summed E-state index contributed by atoms with van der Waals surface area (Å²) in [6.45, 7) is 3.52. The van der Waals surface area contributed by atoms with Crippen molar-refractivity contribution < 1.29 is 0 Å². The highest BCUT2D eigenvalue weighted by Crippen LogP contribution is 2.27. The van der Waals surface area contributed by atoms with Gasteiger partial charge in [0, 0.05) is 24.7 Å². The Hall–Kier alpha value is -0.0800. The average molecular weight is 196 g/mol. The highest BCUT2D eigenvalue weighted by molar-refractivity contribution is 4.86. The van der Waals surface area contributed by atoms with Crippen LogP contribution in [-0.2, 0) is 0 Å². The zero-order chi connectivity index (χ0) is 9.97. The number of rotatable bonds is 1. The van der Waals surface area contributed by atoms with Gasteiger partial charge >= 0.3 is 0 Å². The lowest BCUT2D eigenvalue weighted by atomic mass is 9.90. The number of nitrogens with zero attached hydrogens (tertiary/aromatic N) is 1. The largest absolute Gasteiger partial charge is 0.327 e. The van der Waals surface area contributed by atoms with Crippen molar-refractivity contribution in [2.45, 2.75) is 70.0 Å². The van der Waals surface area contributed by atoms with Gasteiger partial charge in [0.2, 0.25) is 0 Å². The van der Waals surface area contributed by atoms with Crippen LogP contribution >= 0.6 is 0 Å². The summed E-state index contributed by atoms with van der Waals surface area (Å²) < 4.78 is 0. The molecule has 14 heavy (non-hydrogen) atoms. The fourth-order valence-electron chi connectivity index (χ4n) is 3.08. The molecule has 1 aliphatic carbocycles. The summed E-state index contributed by atoms with van der Waals surface area (Å²) in [5.74, 6) is 0. The Morgan fingerprint density at radius 3 is 2.43 bits per heavy atom. The zero-order valence-electron chi connectivity index (χ0n) is 9.41. The molecule has 2 nitrogen and oxygen atoms in total. The van der Waals surface area contributed by atoms with Crippen LogP contribution in [0.25, 0.3) is 0 Å². The van der Waals surface area contributed by atoms with Crippen molar-refractivity contribution in [3.63, 3.8) is 0 Å². The fourth-order valence-corrected chi connectivity index (χ4v) is 3.08. The average Bonchev–Trinajstić information content (AvgIpc) is 2.23. The summed E-state index contributed by atoms with van der Waals surface area (Å²) in [6.07, 6.45) is 9.67. The predicted octanol–water partition coefficient (Wildman–Crippen LogP) is 2.13. The summed E-state index contributed by atoms with van der Waals surface area (Å²) in [5, 5.41) is 0. The summed E-state index contributed by atoms with van der Waals surface area (Å²) in [6, 6.07) is 2.07. The molecule has 0 spiro atoms. The minimum atomic E-state index is 0.438. The van der Waals surface area contributed by atoms with E-state index in [0.717, 1.165) is 18.6 Å². The Balaban J connectivity index is 1.92. The second-order valence-corrected chi connectivity index (χ2v) is 5.18. The maximum atomic E-state index is 6.05. The molecule has 1 heterocycles. The maximum absolute atomic E-state index is 6.05. The van der Waals surface area contributed by atoms with Crippen molar-refractivity contribution in [1.29, 1.82) is 0 Å². The topological polar surface area (TPSA) is 29.3 Å². The predicted molar refractivity (Wildman–Crippen MR) is 60.3 cm³/mol. The number of hydrogen-bond acceptors (Lipinski definition) is 2. The van der Waals surface area contributed by atoms with Crippen LogP contribution < -0.4 is 5.73 Å². The minimum Gasteiger partial charge on any atom is -0.327 e. The third kappa shape index (κ3) is 2.29. The maximum Gasteiger partial charge on any atom is 0.0168 e. The van der Waals surface area contributed by atoms with Crippen LogP contribution in [0.15, 0.2) is 0 Å². The van der Waals surface area contributed by atoms with Gasteiger partial charge in [-0.05, 0) is 32.6 Å². The SMILES string of the molecule is CC1CCC(N)CN1C1CCCCC1. The van der Waals surface area contributed by atoms with Gasteiger partial charge in [0.25, 0.3) is 0 Å². The third-order valence-electron chi connectivity index (χ3n) is 4.01. The molecule has 2 atom stereocenters. The van der Waals surface area contributed by atoms with E-state index in [0.29, 0.717) is 6.04 Å². The number of likely N-dealkylation sites (tertiary alicyclic amines) is 1. The lowest BCUT2D eigenvalue weighted by Gasteiger charge is -2.43. The van der Waals surface area contributed by atoms with E-state index in [1.165, 1.54) is 44.9 Å². The Bertz CT molecular complexity index is 175. The number of nitrogens with two attached hydrogens (primary N) is 1. The molecule has 0 amide bonds. The molecule has 1 aliphatic heterocycles. The molecule has 2 rings (SSSR count). The number of piperidine rings is 1. The normalized spacial score (nSPS) is 37.3. The first-order chi connectivity index (χ1) is 6.77. The molecule has 2 unspecified atom stereocenters. The van der Waals surface area contributed by atoms with Gasteiger partial charge in [-0.1, -0.05) is 19.3 Å². The van der Waals surface area contributed by atoms with E-state index in [2.05, 4.69) is 11.8 Å². The minimum absolute atomic E-state index is 0.438. The molecule has 0 aromatic rings. The molecule has 2 N–H and O–H groups in total. The second kappa shape index (κ2) is 4.63. The molecule has 2 fully saturated rings. The fraction of sp³-hybridized carbons (Fsp3) is 1.00. The summed E-state index contributed by atoms with van der Waals surface area (Å²) in [7, 11) is 0. The van der Waals surface area contributed by atoms with E-state index in [1.54, 1.807) is 0 Å². The van der Waals surface area contributed by atoms with E-state index in [-0.39, 0.29) is 0 Å². The first-order valence-corrected chi connectivity index (χ1v) is 6.28. The summed E-state index contributed by atoms with van der Waals surface area (Å²) in [4.78, 5) is 2.69. The molecule has 0 aromatic heterocycles. The summed E-state index contributed by atoms with van der Waals surface area (Å²) >= 11 is 0. The van der Waals surface area contributed by atoms with Crippen LogP contribution in [0.5, 0.6) is 0 Å². The van der Waals surface area contributed by atoms with Crippen LogP contribution in [-0.4, -0.2) is 29.6 Å². The lowest BCUT2D eigenvalue weighted by Crippen LogP contribution is -2.52. The van der Waals surface area contributed by atoms with Gasteiger partial charge in [-0.25, -0.2) is 0 Å². The van der Waals surface area contributed by atoms with Crippen molar-refractivity contribution in [3.05, 3.63) is 0 Å². The van der Waals surface area contributed by atoms with Crippen LogP contribution in [0.1, 0.15) is 51.9 Å². The van der Waals surface area contributed by atoms with Crippen molar-refractivity contribution >= 4 is 0 Å². The molecule has 2 aliphatic rings. The zero-order valence-corrected chi connectivity index (χ0v) is 9.41. The van der Waals surface area contributed by atoms with Gasteiger partial charge in [0.05, 0.1) is 0 Å². The van der Waals surface area contributed by atoms with Gasteiger partial charge in [0.15, 0.2) is 0 Å². The van der Waals surface area contributed by atoms with E-state index in [1.807, 2.05) is 0 Å².